The normalized spacial score (nSPS) is 19.4. The summed E-state index contributed by atoms with van der Waals surface area (Å²) in [6.45, 7) is 2.70. The van der Waals surface area contributed by atoms with Crippen molar-refractivity contribution in [2.75, 3.05) is 33.2 Å². The van der Waals surface area contributed by atoms with E-state index in [1.807, 2.05) is 6.92 Å². The van der Waals surface area contributed by atoms with Gasteiger partial charge in [-0.3, -0.25) is 19.7 Å². The van der Waals surface area contributed by atoms with Crippen molar-refractivity contribution >= 4 is 17.7 Å². The molecule has 1 unspecified atom stereocenters. The van der Waals surface area contributed by atoms with Crippen LogP contribution in [0.5, 0.6) is 0 Å². The van der Waals surface area contributed by atoms with Crippen LogP contribution in [0.3, 0.4) is 0 Å². The summed E-state index contributed by atoms with van der Waals surface area (Å²) >= 11 is 0. The van der Waals surface area contributed by atoms with E-state index in [0.29, 0.717) is 6.54 Å². The lowest BCUT2D eigenvalue weighted by atomic mass is 10.2. The number of amides is 3. The minimum absolute atomic E-state index is 0.0396. The second-order valence-electron chi connectivity index (χ2n) is 3.76. The summed E-state index contributed by atoms with van der Waals surface area (Å²) in [7, 11) is 1.53. The van der Waals surface area contributed by atoms with Crippen LogP contribution in [0.25, 0.3) is 0 Å². The van der Waals surface area contributed by atoms with Crippen molar-refractivity contribution in [3.05, 3.63) is 0 Å². The molecule has 1 aliphatic rings. The van der Waals surface area contributed by atoms with Gasteiger partial charge >= 0.3 is 0 Å². The maximum Gasteiger partial charge on any atom is 0.242 e. The molecule has 1 rings (SSSR count). The lowest BCUT2D eigenvalue weighted by molar-refractivity contribution is -0.138. The highest BCUT2D eigenvalue weighted by atomic mass is 16.2. The highest BCUT2D eigenvalue weighted by Gasteiger charge is 2.27. The summed E-state index contributed by atoms with van der Waals surface area (Å²) in [5, 5.41) is 7.92. The van der Waals surface area contributed by atoms with Crippen LogP contribution in [0.2, 0.25) is 0 Å². The third-order valence-corrected chi connectivity index (χ3v) is 2.62. The molecule has 0 bridgehead atoms. The molecule has 1 fully saturated rings. The Hall–Kier alpha value is -1.63. The first-order chi connectivity index (χ1) is 8.08. The van der Waals surface area contributed by atoms with Crippen molar-refractivity contribution < 1.29 is 14.4 Å². The van der Waals surface area contributed by atoms with Crippen molar-refractivity contribution in [3.63, 3.8) is 0 Å². The number of hydrogen-bond donors (Lipinski definition) is 3. The molecule has 0 radical (unpaired) electrons. The molecule has 0 spiro atoms. The number of nitrogens with zero attached hydrogens (tertiary/aromatic N) is 1. The summed E-state index contributed by atoms with van der Waals surface area (Å²) in [6, 6.07) is -0.447. The van der Waals surface area contributed by atoms with Gasteiger partial charge in [-0.1, -0.05) is 0 Å². The van der Waals surface area contributed by atoms with Gasteiger partial charge in [-0.2, -0.15) is 0 Å². The van der Waals surface area contributed by atoms with Crippen molar-refractivity contribution in [3.8, 4) is 0 Å². The molecule has 1 heterocycles. The molecular formula is C10H18N4O3. The largest absolute Gasteiger partial charge is 0.358 e. The number of nitrogens with one attached hydrogen (secondary N) is 3. The van der Waals surface area contributed by atoms with E-state index >= 15 is 0 Å². The number of rotatable bonds is 4. The number of carbonyl (C=O) groups excluding carboxylic acids is 3. The Bertz CT molecular complexity index is 309. The molecule has 0 saturated carbocycles. The van der Waals surface area contributed by atoms with Gasteiger partial charge in [0.05, 0.1) is 13.1 Å². The summed E-state index contributed by atoms with van der Waals surface area (Å²) in [6.07, 6.45) is 0. The monoisotopic (exact) mass is 242 g/mol. The zero-order chi connectivity index (χ0) is 12.8. The highest BCUT2D eigenvalue weighted by Crippen LogP contribution is 1.97. The first-order valence-electron chi connectivity index (χ1n) is 5.58. The average molecular weight is 242 g/mol. The molecule has 0 aromatic rings. The molecule has 96 valence electrons. The molecule has 0 aromatic carbocycles. The Morgan fingerprint density at radius 1 is 1.53 bits per heavy atom. The minimum atomic E-state index is -0.447. The van der Waals surface area contributed by atoms with E-state index < -0.39 is 6.04 Å². The number of piperazine rings is 1. The molecule has 3 amide bonds. The predicted octanol–water partition coefficient (Wildman–Crippen LogP) is -2.33. The second-order valence-corrected chi connectivity index (χ2v) is 3.76. The fourth-order valence-corrected chi connectivity index (χ4v) is 1.56. The van der Waals surface area contributed by atoms with Gasteiger partial charge in [0, 0.05) is 20.1 Å². The lowest BCUT2D eigenvalue weighted by Gasteiger charge is -2.28. The molecule has 0 aliphatic carbocycles. The third kappa shape index (κ3) is 3.70. The topological polar surface area (TPSA) is 90.5 Å². The molecule has 7 nitrogen and oxygen atoms in total. The van der Waals surface area contributed by atoms with Gasteiger partial charge in [0.15, 0.2) is 0 Å². The molecule has 3 N–H and O–H groups in total. The molecule has 0 aromatic heterocycles. The van der Waals surface area contributed by atoms with E-state index in [1.54, 1.807) is 0 Å². The molecule has 1 aliphatic heterocycles. The van der Waals surface area contributed by atoms with E-state index in [1.165, 1.54) is 11.9 Å². The predicted molar refractivity (Wildman–Crippen MR) is 61.1 cm³/mol. The number of likely N-dealkylation sites (N-methyl/N-ethyl adjacent to an activating group) is 2. The van der Waals surface area contributed by atoms with Crippen LogP contribution >= 0.6 is 0 Å². The minimum Gasteiger partial charge on any atom is -0.358 e. The lowest BCUT2D eigenvalue weighted by Crippen LogP contribution is -2.59. The summed E-state index contributed by atoms with van der Waals surface area (Å²) in [4.78, 5) is 35.6. The molecule has 17 heavy (non-hydrogen) atoms. The van der Waals surface area contributed by atoms with E-state index in [2.05, 4.69) is 16.0 Å². The Balaban J connectivity index is 2.53. The standard InChI is InChI=1S/C10H18N4O3/c1-3-14(6-9(16)11-2)10(17)7-4-13-8(15)5-12-7/h7,12H,3-6H2,1-2H3,(H,11,16)(H,13,15). The third-order valence-electron chi connectivity index (χ3n) is 2.62. The van der Waals surface area contributed by atoms with Gasteiger partial charge in [0.1, 0.15) is 6.04 Å². The first-order valence-corrected chi connectivity index (χ1v) is 5.58. The molecule has 7 heteroatoms. The Kier molecular flexibility index (Phi) is 4.89. The van der Waals surface area contributed by atoms with Gasteiger partial charge in [-0.05, 0) is 6.92 Å². The van der Waals surface area contributed by atoms with Crippen LogP contribution in [0, 0.1) is 0 Å². The van der Waals surface area contributed by atoms with Crippen LogP contribution in [0.4, 0.5) is 0 Å². The molecule has 1 atom stereocenters. The van der Waals surface area contributed by atoms with E-state index in [4.69, 9.17) is 0 Å². The summed E-state index contributed by atoms with van der Waals surface area (Å²) in [5.41, 5.74) is 0. The van der Waals surface area contributed by atoms with Crippen LogP contribution in [-0.2, 0) is 14.4 Å². The summed E-state index contributed by atoms with van der Waals surface area (Å²) < 4.78 is 0. The Morgan fingerprint density at radius 2 is 2.24 bits per heavy atom. The van der Waals surface area contributed by atoms with Gasteiger partial charge in [-0.15, -0.1) is 0 Å². The van der Waals surface area contributed by atoms with Crippen LogP contribution in [-0.4, -0.2) is 61.9 Å². The number of hydrogen-bond acceptors (Lipinski definition) is 4. The number of carbonyl (C=O) groups is 3. The van der Waals surface area contributed by atoms with Crippen molar-refractivity contribution in [2.45, 2.75) is 13.0 Å². The fourth-order valence-electron chi connectivity index (χ4n) is 1.56. The first kappa shape index (κ1) is 13.4. The SMILES string of the molecule is CCN(CC(=O)NC)C(=O)C1CNC(=O)CN1. The van der Waals surface area contributed by atoms with Gasteiger partial charge in [0.25, 0.3) is 0 Å². The summed E-state index contributed by atoms with van der Waals surface area (Å²) in [5.74, 6) is -0.500. The van der Waals surface area contributed by atoms with Crippen LogP contribution in [0.1, 0.15) is 6.92 Å². The molecular weight excluding hydrogens is 224 g/mol. The molecule has 1 saturated heterocycles. The van der Waals surface area contributed by atoms with Gasteiger partial charge < -0.3 is 15.5 Å². The van der Waals surface area contributed by atoms with Crippen molar-refractivity contribution in [2.24, 2.45) is 0 Å². The maximum absolute atomic E-state index is 12.0. The zero-order valence-corrected chi connectivity index (χ0v) is 10.1. The van der Waals surface area contributed by atoms with Crippen molar-refractivity contribution in [1.82, 2.24) is 20.9 Å². The fraction of sp³-hybridized carbons (Fsp3) is 0.700. The maximum atomic E-state index is 12.0. The van der Waals surface area contributed by atoms with Gasteiger partial charge in [-0.25, -0.2) is 0 Å². The van der Waals surface area contributed by atoms with E-state index in [0.717, 1.165) is 0 Å². The second kappa shape index (κ2) is 6.19. The van der Waals surface area contributed by atoms with Crippen LogP contribution in [0.15, 0.2) is 0 Å². The average Bonchev–Trinajstić information content (AvgIpc) is 2.35. The Labute approximate surface area is 99.9 Å². The van der Waals surface area contributed by atoms with Crippen LogP contribution < -0.4 is 16.0 Å². The quantitative estimate of drug-likeness (QED) is 0.516. The Morgan fingerprint density at radius 3 is 2.71 bits per heavy atom. The van der Waals surface area contributed by atoms with E-state index in [9.17, 15) is 14.4 Å². The zero-order valence-electron chi connectivity index (χ0n) is 10.1. The highest BCUT2D eigenvalue weighted by molar-refractivity contribution is 5.89. The smallest absolute Gasteiger partial charge is 0.242 e. The van der Waals surface area contributed by atoms with Crippen molar-refractivity contribution in [1.29, 1.82) is 0 Å². The van der Waals surface area contributed by atoms with Gasteiger partial charge in [0.2, 0.25) is 17.7 Å². The van der Waals surface area contributed by atoms with E-state index in [-0.39, 0.29) is 37.4 Å².